The van der Waals surface area contributed by atoms with Crippen molar-refractivity contribution in [1.29, 1.82) is 0 Å². The van der Waals surface area contributed by atoms with Gasteiger partial charge in [-0.1, -0.05) is 49.8 Å². The Bertz CT molecular complexity index is 518. The third-order valence-corrected chi connectivity index (χ3v) is 4.38. The molecule has 19 heavy (non-hydrogen) atoms. The molecular formula is C12H17F2NO2S2. The fourth-order valence-electron chi connectivity index (χ4n) is 1.90. The van der Waals surface area contributed by atoms with E-state index in [1.807, 2.05) is 27.7 Å². The van der Waals surface area contributed by atoms with Crippen LogP contribution in [0, 0.1) is 0 Å². The molecule has 0 saturated carbocycles. The number of para-hydroxylation sites is 1. The third kappa shape index (κ3) is 3.60. The number of rotatable bonds is 5. The molecule has 1 aromatic rings. The van der Waals surface area contributed by atoms with E-state index in [4.69, 9.17) is 0 Å². The van der Waals surface area contributed by atoms with E-state index in [2.05, 4.69) is 0 Å². The second kappa shape index (κ2) is 6.09. The molecule has 0 saturated heterocycles. The standard InChI is InChI=1S/C12H17F2NO2S2/c1-8(2)10-6-5-7-11(9(3)4)12(10)15(18-13)19(14,16)17/h5-9H,1-4H3. The van der Waals surface area contributed by atoms with E-state index >= 15 is 0 Å². The van der Waals surface area contributed by atoms with E-state index in [9.17, 15) is 16.2 Å². The van der Waals surface area contributed by atoms with E-state index in [0.717, 1.165) is 0 Å². The van der Waals surface area contributed by atoms with Crippen LogP contribution in [0.4, 0.5) is 13.5 Å². The van der Waals surface area contributed by atoms with Gasteiger partial charge in [0.2, 0.25) is 0 Å². The van der Waals surface area contributed by atoms with Crippen molar-refractivity contribution in [1.82, 2.24) is 0 Å². The maximum atomic E-state index is 13.3. The molecule has 0 bridgehead atoms. The summed E-state index contributed by atoms with van der Waals surface area (Å²) < 4.78 is 48.5. The van der Waals surface area contributed by atoms with Gasteiger partial charge in [-0.2, -0.15) is 12.1 Å². The Morgan fingerprint density at radius 2 is 1.53 bits per heavy atom. The van der Waals surface area contributed by atoms with Crippen molar-refractivity contribution in [2.45, 2.75) is 39.5 Å². The van der Waals surface area contributed by atoms with Gasteiger partial charge in [0.05, 0.1) is 5.69 Å². The van der Waals surface area contributed by atoms with Crippen LogP contribution in [-0.2, 0) is 10.4 Å². The van der Waals surface area contributed by atoms with Crippen LogP contribution in [0.25, 0.3) is 0 Å². The van der Waals surface area contributed by atoms with Gasteiger partial charge in [0.1, 0.15) is 0 Å². The summed E-state index contributed by atoms with van der Waals surface area (Å²) in [5.74, 6) is -0.102. The SMILES string of the molecule is CC(C)c1cccc(C(C)C)c1N(SF)S(=O)(=O)F. The fourth-order valence-corrected chi connectivity index (χ4v) is 2.88. The summed E-state index contributed by atoms with van der Waals surface area (Å²) in [6, 6.07) is 5.13. The van der Waals surface area contributed by atoms with Crippen LogP contribution < -0.4 is 3.71 Å². The topological polar surface area (TPSA) is 37.4 Å². The first-order chi connectivity index (χ1) is 8.70. The van der Waals surface area contributed by atoms with Gasteiger partial charge in [0.25, 0.3) is 0 Å². The number of benzene rings is 1. The third-order valence-electron chi connectivity index (χ3n) is 2.79. The predicted molar refractivity (Wildman–Crippen MR) is 75.8 cm³/mol. The van der Waals surface area contributed by atoms with Crippen LogP contribution in [0.15, 0.2) is 18.2 Å². The molecular weight excluding hydrogens is 292 g/mol. The molecule has 7 heteroatoms. The van der Waals surface area contributed by atoms with Gasteiger partial charge in [-0.05, 0) is 23.0 Å². The Morgan fingerprint density at radius 1 is 1.11 bits per heavy atom. The van der Waals surface area contributed by atoms with Crippen molar-refractivity contribution in [3.05, 3.63) is 29.3 Å². The Hall–Kier alpha value is -0.820. The molecule has 0 aliphatic rings. The van der Waals surface area contributed by atoms with Gasteiger partial charge in [0, 0.05) is 0 Å². The second-order valence-electron chi connectivity index (χ2n) is 4.83. The van der Waals surface area contributed by atoms with Crippen molar-refractivity contribution in [3.63, 3.8) is 0 Å². The minimum Gasteiger partial charge on any atom is -0.170 e. The van der Waals surface area contributed by atoms with E-state index in [1.54, 1.807) is 18.2 Å². The molecule has 0 N–H and O–H groups in total. The summed E-state index contributed by atoms with van der Waals surface area (Å²) >= 11 is -0.637. The highest BCUT2D eigenvalue weighted by atomic mass is 32.3. The molecule has 1 aromatic carbocycles. The van der Waals surface area contributed by atoms with Gasteiger partial charge in [-0.25, -0.2) is 0 Å². The maximum absolute atomic E-state index is 13.3. The minimum absolute atomic E-state index is 0.0508. The van der Waals surface area contributed by atoms with Gasteiger partial charge in [0.15, 0.2) is 12.3 Å². The van der Waals surface area contributed by atoms with Crippen molar-refractivity contribution >= 4 is 28.4 Å². The zero-order chi connectivity index (χ0) is 14.8. The Kier molecular flexibility index (Phi) is 5.20. The fraction of sp³-hybridized carbons (Fsp3) is 0.500. The molecule has 0 aliphatic carbocycles. The quantitative estimate of drug-likeness (QED) is 0.594. The first kappa shape index (κ1) is 16.2. The zero-order valence-electron chi connectivity index (χ0n) is 11.2. The van der Waals surface area contributed by atoms with Crippen molar-refractivity contribution in [3.8, 4) is 0 Å². The average molecular weight is 309 g/mol. The van der Waals surface area contributed by atoms with E-state index in [1.165, 1.54) is 0 Å². The molecule has 0 spiro atoms. The monoisotopic (exact) mass is 309 g/mol. The normalized spacial score (nSPS) is 12.2. The summed E-state index contributed by atoms with van der Waals surface area (Å²) in [6.45, 7) is 7.37. The molecule has 0 unspecified atom stereocenters. The van der Waals surface area contributed by atoms with E-state index in [-0.39, 0.29) is 21.2 Å². The van der Waals surface area contributed by atoms with E-state index < -0.39 is 22.7 Å². The molecule has 108 valence electrons. The summed E-state index contributed by atoms with van der Waals surface area (Å²) in [7, 11) is -5.16. The lowest BCUT2D eigenvalue weighted by Crippen LogP contribution is -2.22. The largest absolute Gasteiger partial charge is 0.411 e. The molecule has 1 rings (SSSR count). The van der Waals surface area contributed by atoms with E-state index in [0.29, 0.717) is 11.1 Å². The number of hydrogen-bond acceptors (Lipinski definition) is 3. The van der Waals surface area contributed by atoms with Gasteiger partial charge in [-0.3, -0.25) is 0 Å². The number of nitrogens with zero attached hydrogens (tertiary/aromatic N) is 1. The molecule has 3 nitrogen and oxygen atoms in total. The predicted octanol–water partition coefficient (Wildman–Crippen LogP) is 4.49. The molecule has 0 heterocycles. The summed E-state index contributed by atoms with van der Waals surface area (Å²) in [5, 5.41) is 0. The van der Waals surface area contributed by atoms with Crippen molar-refractivity contribution in [2.75, 3.05) is 3.71 Å². The summed E-state index contributed by atoms with van der Waals surface area (Å²) in [6.07, 6.45) is 0. The number of hydrogen-bond donors (Lipinski definition) is 0. The number of halogens is 2. The second-order valence-corrected chi connectivity index (χ2v) is 6.76. The smallest absolute Gasteiger partial charge is 0.170 e. The summed E-state index contributed by atoms with van der Waals surface area (Å²) in [4.78, 5) is 0. The Labute approximate surface area is 117 Å². The van der Waals surface area contributed by atoms with Crippen molar-refractivity contribution in [2.24, 2.45) is 0 Å². The van der Waals surface area contributed by atoms with Gasteiger partial charge in [-0.15, -0.1) is 3.89 Å². The first-order valence-corrected chi connectivity index (χ1v) is 7.88. The minimum atomic E-state index is -5.16. The van der Waals surface area contributed by atoms with Gasteiger partial charge >= 0.3 is 10.4 Å². The lowest BCUT2D eigenvalue weighted by atomic mass is 9.93. The number of anilines is 1. The molecule has 0 fully saturated rings. The van der Waals surface area contributed by atoms with Crippen LogP contribution in [0.1, 0.15) is 50.7 Å². The van der Waals surface area contributed by atoms with Crippen molar-refractivity contribution < 1.29 is 16.2 Å². The highest BCUT2D eigenvalue weighted by Crippen LogP contribution is 2.40. The van der Waals surface area contributed by atoms with Crippen LogP contribution in [0.2, 0.25) is 0 Å². The van der Waals surface area contributed by atoms with Crippen LogP contribution in [0.5, 0.6) is 0 Å². The molecule has 0 radical (unpaired) electrons. The molecule has 0 aliphatic heterocycles. The zero-order valence-corrected chi connectivity index (χ0v) is 12.9. The Balaban J connectivity index is 3.61. The highest BCUT2D eigenvalue weighted by molar-refractivity contribution is 8.10. The molecule has 0 amide bonds. The lowest BCUT2D eigenvalue weighted by Gasteiger charge is -2.24. The maximum Gasteiger partial charge on any atom is 0.411 e. The van der Waals surface area contributed by atoms with Crippen LogP contribution in [-0.4, -0.2) is 8.42 Å². The molecule has 0 atom stereocenters. The first-order valence-electron chi connectivity index (χ1n) is 5.86. The average Bonchev–Trinajstić information content (AvgIpc) is 2.27. The highest BCUT2D eigenvalue weighted by Gasteiger charge is 2.29. The van der Waals surface area contributed by atoms with Gasteiger partial charge < -0.3 is 0 Å². The Morgan fingerprint density at radius 3 is 1.79 bits per heavy atom. The van der Waals surface area contributed by atoms with Crippen LogP contribution in [0.3, 0.4) is 0 Å². The summed E-state index contributed by atoms with van der Waals surface area (Å²) in [5.41, 5.74) is 1.28. The lowest BCUT2D eigenvalue weighted by molar-refractivity contribution is 0.554. The molecule has 0 aromatic heterocycles. The van der Waals surface area contributed by atoms with Crippen LogP contribution >= 0.6 is 12.3 Å².